The average molecular weight is 548 g/mol. The van der Waals surface area contributed by atoms with E-state index < -0.39 is 0 Å². The van der Waals surface area contributed by atoms with Crippen molar-refractivity contribution in [1.29, 1.82) is 5.26 Å². The molecule has 0 aliphatic carbocycles. The van der Waals surface area contributed by atoms with Crippen molar-refractivity contribution in [3.63, 3.8) is 0 Å². The van der Waals surface area contributed by atoms with Crippen molar-refractivity contribution in [1.82, 2.24) is 34.3 Å². The summed E-state index contributed by atoms with van der Waals surface area (Å²) in [4.78, 5) is 13.9. The number of methoxy groups -OCH3 is 1. The highest BCUT2D eigenvalue weighted by Gasteiger charge is 2.52. The number of hydrogen-bond donors (Lipinski definition) is 1. The van der Waals surface area contributed by atoms with Gasteiger partial charge in [0.05, 0.1) is 36.6 Å². The van der Waals surface area contributed by atoms with Gasteiger partial charge in [0, 0.05) is 98.4 Å². The predicted octanol–water partition coefficient (Wildman–Crippen LogP) is 2.75. The van der Waals surface area contributed by atoms with Gasteiger partial charge in [-0.15, -0.1) is 0 Å². The van der Waals surface area contributed by atoms with E-state index in [0.29, 0.717) is 17.5 Å². The molecule has 3 atom stereocenters. The van der Waals surface area contributed by atoms with E-state index in [1.807, 2.05) is 56.2 Å². The highest BCUT2D eigenvalue weighted by Crippen LogP contribution is 2.40. The van der Waals surface area contributed by atoms with Crippen LogP contribution in [0.5, 0.6) is 5.88 Å². The molecule has 2 aliphatic heterocycles. The molecule has 11 heteroatoms. The zero-order valence-electron chi connectivity index (χ0n) is 22.8. The maximum absolute atomic E-state index is 10.2. The van der Waals surface area contributed by atoms with Gasteiger partial charge in [-0.2, -0.15) is 15.5 Å². The molecule has 0 saturated carbocycles. The Balaban J connectivity index is 1.15. The van der Waals surface area contributed by atoms with Crippen LogP contribution in [0.4, 0.5) is 5.82 Å². The van der Waals surface area contributed by atoms with E-state index in [-0.39, 0.29) is 18.6 Å². The van der Waals surface area contributed by atoms with E-state index in [2.05, 4.69) is 43.2 Å². The van der Waals surface area contributed by atoms with Crippen LogP contribution in [0.1, 0.15) is 11.1 Å². The van der Waals surface area contributed by atoms with Crippen molar-refractivity contribution in [3.05, 3.63) is 78.6 Å². The Bertz CT molecular complexity index is 1750. The molecule has 2 saturated heterocycles. The first-order valence-corrected chi connectivity index (χ1v) is 13.5. The summed E-state index contributed by atoms with van der Waals surface area (Å²) in [5.41, 5.74) is 6.08. The van der Waals surface area contributed by atoms with Crippen molar-refractivity contribution in [3.8, 4) is 34.2 Å². The van der Waals surface area contributed by atoms with Gasteiger partial charge in [0.1, 0.15) is 11.9 Å². The summed E-state index contributed by atoms with van der Waals surface area (Å²) in [6, 6.07) is 12.9. The summed E-state index contributed by atoms with van der Waals surface area (Å²) in [6.07, 6.45) is 11.0. The third kappa shape index (κ3) is 4.28. The van der Waals surface area contributed by atoms with Gasteiger partial charge < -0.3 is 14.7 Å². The number of likely N-dealkylation sites (tertiary alicyclic amines) is 1. The lowest BCUT2D eigenvalue weighted by atomic mass is 9.89. The first kappa shape index (κ1) is 25.2. The molecule has 1 N–H and O–H groups in total. The second kappa shape index (κ2) is 9.99. The van der Waals surface area contributed by atoms with Crippen LogP contribution in [0.2, 0.25) is 0 Å². The molecular weight excluding hydrogens is 518 g/mol. The molecule has 7 heterocycles. The summed E-state index contributed by atoms with van der Waals surface area (Å²) in [5.74, 6) is 1.63. The maximum Gasteiger partial charge on any atom is 0.212 e. The molecule has 0 spiro atoms. The largest absolute Gasteiger partial charge is 0.481 e. The first-order chi connectivity index (χ1) is 20.1. The molecule has 206 valence electrons. The van der Waals surface area contributed by atoms with Crippen LogP contribution < -0.4 is 9.64 Å². The number of aromatic nitrogens is 6. The van der Waals surface area contributed by atoms with Crippen LogP contribution in [-0.4, -0.2) is 78.3 Å². The van der Waals surface area contributed by atoms with Crippen LogP contribution in [0.15, 0.2) is 67.5 Å². The van der Waals surface area contributed by atoms with Gasteiger partial charge in [-0.25, -0.2) is 14.5 Å². The number of aliphatic hydroxyl groups excluding tert-OH is 1. The lowest BCUT2D eigenvalue weighted by molar-refractivity contribution is 0.187. The van der Waals surface area contributed by atoms with Crippen molar-refractivity contribution in [2.24, 2.45) is 13.0 Å². The standard InChI is InChI=1S/C30H29N9O2/c1-36-14-23(12-34-36)21-7-25(29-22(8-31)11-35-39(29)16-21)20-4-5-27(32-10-20)38-17-26-30(38)24(18-40)15-37(26)13-19-3-6-28(41-2)33-9-19/h3-7,9-12,14,16,24,26,30,40H,13,15,17-18H2,1-2H3/t24-,26+,30+/m1/s1. The molecule has 2 aliphatic rings. The summed E-state index contributed by atoms with van der Waals surface area (Å²) in [6.45, 7) is 2.58. The van der Waals surface area contributed by atoms with Gasteiger partial charge in [0.25, 0.3) is 0 Å². The van der Waals surface area contributed by atoms with Crippen LogP contribution in [0.25, 0.3) is 27.8 Å². The minimum absolute atomic E-state index is 0.129. The minimum atomic E-state index is 0.129. The predicted molar refractivity (Wildman–Crippen MR) is 152 cm³/mol. The van der Waals surface area contributed by atoms with Crippen LogP contribution in [0, 0.1) is 17.2 Å². The fourth-order valence-corrected chi connectivity index (χ4v) is 6.27. The van der Waals surface area contributed by atoms with Crippen molar-refractivity contribution >= 4 is 11.3 Å². The van der Waals surface area contributed by atoms with Crippen LogP contribution >= 0.6 is 0 Å². The third-order valence-corrected chi connectivity index (χ3v) is 8.31. The van der Waals surface area contributed by atoms with Crippen molar-refractivity contribution in [2.45, 2.75) is 18.6 Å². The molecule has 0 amide bonds. The Kier molecular flexibility index (Phi) is 6.14. The Labute approximate surface area is 236 Å². The quantitative estimate of drug-likeness (QED) is 0.328. The zero-order valence-corrected chi connectivity index (χ0v) is 22.8. The van der Waals surface area contributed by atoms with Crippen molar-refractivity contribution < 1.29 is 9.84 Å². The van der Waals surface area contributed by atoms with E-state index >= 15 is 0 Å². The lowest BCUT2D eigenvalue weighted by Crippen LogP contribution is -2.64. The summed E-state index contributed by atoms with van der Waals surface area (Å²) in [7, 11) is 3.50. The van der Waals surface area contributed by atoms with E-state index in [4.69, 9.17) is 9.72 Å². The number of fused-ring (bicyclic) bond motifs is 2. The number of pyridine rings is 3. The normalized spacial score (nSPS) is 20.1. The molecule has 5 aromatic rings. The number of aliphatic hydroxyl groups is 1. The Morgan fingerprint density at radius 2 is 1.90 bits per heavy atom. The second-order valence-electron chi connectivity index (χ2n) is 10.7. The molecular formula is C30H29N9O2. The van der Waals surface area contributed by atoms with Gasteiger partial charge in [0.15, 0.2) is 0 Å². The van der Waals surface area contributed by atoms with Crippen LogP contribution in [-0.2, 0) is 13.6 Å². The van der Waals surface area contributed by atoms with Gasteiger partial charge in [-0.05, 0) is 23.8 Å². The molecule has 11 nitrogen and oxygen atoms in total. The zero-order chi connectivity index (χ0) is 28.1. The summed E-state index contributed by atoms with van der Waals surface area (Å²) < 4.78 is 8.70. The number of hydrogen-bond acceptors (Lipinski definition) is 9. The molecule has 41 heavy (non-hydrogen) atoms. The van der Waals surface area contributed by atoms with E-state index in [9.17, 15) is 10.4 Å². The number of ether oxygens (including phenoxy) is 1. The van der Waals surface area contributed by atoms with Gasteiger partial charge in [-0.3, -0.25) is 9.58 Å². The Morgan fingerprint density at radius 1 is 1.00 bits per heavy atom. The topological polar surface area (TPSA) is 121 Å². The van der Waals surface area contributed by atoms with Gasteiger partial charge in [-0.1, -0.05) is 6.07 Å². The number of nitrogens with zero attached hydrogens (tertiary/aromatic N) is 9. The number of rotatable bonds is 7. The highest BCUT2D eigenvalue weighted by molar-refractivity contribution is 5.87. The van der Waals surface area contributed by atoms with Crippen LogP contribution in [0.3, 0.4) is 0 Å². The molecule has 0 aromatic carbocycles. The SMILES string of the molecule is COc1ccc(CN2C[C@H](CO)[C@H]3[C@@H]2CN3c2ccc(-c3cc(-c4cnn(C)c4)cn4ncc(C#N)c34)cn2)cn1. The molecule has 7 rings (SSSR count). The van der Waals surface area contributed by atoms with E-state index in [1.165, 1.54) is 0 Å². The number of aryl methyl sites for hydroxylation is 1. The summed E-state index contributed by atoms with van der Waals surface area (Å²) >= 11 is 0. The van der Waals surface area contributed by atoms with Crippen molar-refractivity contribution in [2.75, 3.05) is 31.7 Å². The number of nitriles is 1. The monoisotopic (exact) mass is 547 g/mol. The summed E-state index contributed by atoms with van der Waals surface area (Å²) in [5, 5.41) is 28.7. The highest BCUT2D eigenvalue weighted by atomic mass is 16.5. The lowest BCUT2D eigenvalue weighted by Gasteiger charge is -2.49. The molecule has 2 fully saturated rings. The van der Waals surface area contributed by atoms with E-state index in [0.717, 1.165) is 58.8 Å². The van der Waals surface area contributed by atoms with Gasteiger partial charge in [0.2, 0.25) is 5.88 Å². The Hall–Kier alpha value is -4.79. The van der Waals surface area contributed by atoms with E-state index in [1.54, 1.807) is 22.5 Å². The maximum atomic E-state index is 10.2. The minimum Gasteiger partial charge on any atom is -0.481 e. The fourth-order valence-electron chi connectivity index (χ4n) is 6.27. The second-order valence-corrected chi connectivity index (χ2v) is 10.7. The Morgan fingerprint density at radius 3 is 2.59 bits per heavy atom. The molecule has 0 bridgehead atoms. The van der Waals surface area contributed by atoms with Gasteiger partial charge >= 0.3 is 0 Å². The average Bonchev–Trinajstić information content (AvgIpc) is 3.68. The molecule has 5 aromatic heterocycles. The smallest absolute Gasteiger partial charge is 0.212 e. The number of anilines is 1. The molecule has 0 unspecified atom stereocenters. The fraction of sp³-hybridized carbons (Fsp3) is 0.300. The third-order valence-electron chi connectivity index (χ3n) is 8.31. The molecule has 0 radical (unpaired) electrons. The first-order valence-electron chi connectivity index (χ1n) is 13.5.